The fourth-order valence-corrected chi connectivity index (χ4v) is 3.99. The van der Waals surface area contributed by atoms with Crippen LogP contribution in [-0.4, -0.2) is 50.9 Å². The van der Waals surface area contributed by atoms with Gasteiger partial charge in [-0.3, -0.25) is 4.79 Å². The zero-order valence-corrected chi connectivity index (χ0v) is 17.8. The number of fused-ring (bicyclic) bond motifs is 2. The Hall–Kier alpha value is -2.67. The Morgan fingerprint density at radius 3 is 2.68 bits per heavy atom. The van der Waals surface area contributed by atoms with E-state index < -0.39 is 5.97 Å². The largest absolute Gasteiger partial charge is 0.490 e. The minimum atomic E-state index is -0.757. The number of methoxy groups -OCH3 is 1. The van der Waals surface area contributed by atoms with Crippen molar-refractivity contribution in [2.45, 2.75) is 12.8 Å². The molecular formula is C21H27N3O3S. The average Bonchev–Trinajstić information content (AvgIpc) is 2.64. The SMILES string of the molecule is COc1cc2nc3ccc(N(C)CCCC(=O)O)cc3sc-2cc1=[N+](C)C.[CH3-]. The number of aromatic nitrogens is 1. The predicted octanol–water partition coefficient (Wildman–Crippen LogP) is 3.19. The van der Waals surface area contributed by atoms with Gasteiger partial charge >= 0.3 is 5.97 Å². The van der Waals surface area contributed by atoms with E-state index in [9.17, 15) is 4.79 Å². The molecule has 0 radical (unpaired) electrons. The third kappa shape index (κ3) is 4.59. The van der Waals surface area contributed by atoms with Gasteiger partial charge in [-0.2, -0.15) is 0 Å². The molecule has 0 spiro atoms. The summed E-state index contributed by atoms with van der Waals surface area (Å²) in [6, 6.07) is 10.2. The molecule has 28 heavy (non-hydrogen) atoms. The first-order chi connectivity index (χ1) is 12.9. The van der Waals surface area contributed by atoms with Gasteiger partial charge in [-0.05, 0) is 24.6 Å². The Morgan fingerprint density at radius 1 is 1.29 bits per heavy atom. The zero-order chi connectivity index (χ0) is 19.6. The van der Waals surface area contributed by atoms with Crippen molar-refractivity contribution in [1.82, 2.24) is 9.56 Å². The van der Waals surface area contributed by atoms with Gasteiger partial charge in [0.05, 0.1) is 27.9 Å². The third-order valence-corrected chi connectivity index (χ3v) is 5.57. The van der Waals surface area contributed by atoms with Crippen LogP contribution >= 0.6 is 11.3 Å². The van der Waals surface area contributed by atoms with Crippen LogP contribution in [0.25, 0.3) is 20.8 Å². The van der Waals surface area contributed by atoms with Crippen LogP contribution in [0.4, 0.5) is 5.69 Å². The van der Waals surface area contributed by atoms with E-state index in [0.29, 0.717) is 13.0 Å². The van der Waals surface area contributed by atoms with Crippen molar-refractivity contribution >= 4 is 33.2 Å². The standard InChI is InChI=1S/C20H23N3O3S.CH3/c1-22(2)16-12-19-15(11-17(16)26-4)21-14-8-7-13(10-18(14)27-19)23(3)9-5-6-20(24)25;/h7-8,10-12H,5-6,9H2,1-4H3;1H3/q;-1/p+1. The highest BCUT2D eigenvalue weighted by Crippen LogP contribution is 2.33. The van der Waals surface area contributed by atoms with Gasteiger partial charge in [0.15, 0.2) is 5.75 Å². The maximum atomic E-state index is 10.7. The van der Waals surface area contributed by atoms with E-state index in [-0.39, 0.29) is 13.8 Å². The van der Waals surface area contributed by atoms with E-state index >= 15 is 0 Å². The second-order valence-corrected chi connectivity index (χ2v) is 7.75. The van der Waals surface area contributed by atoms with Crippen molar-refractivity contribution in [3.8, 4) is 16.3 Å². The van der Waals surface area contributed by atoms with Gasteiger partial charge in [-0.25, -0.2) is 9.56 Å². The number of rotatable bonds is 6. The quantitative estimate of drug-likeness (QED) is 0.390. The summed E-state index contributed by atoms with van der Waals surface area (Å²) in [7, 11) is 7.64. The Balaban J connectivity index is 0.00000280. The summed E-state index contributed by atoms with van der Waals surface area (Å²) in [5, 5.41) is 9.82. The maximum Gasteiger partial charge on any atom is 0.303 e. The Bertz CT molecular complexity index is 1030. The van der Waals surface area contributed by atoms with Gasteiger partial charge in [0.25, 0.3) is 0 Å². The molecule has 150 valence electrons. The lowest BCUT2D eigenvalue weighted by Crippen LogP contribution is -2.23. The summed E-state index contributed by atoms with van der Waals surface area (Å²) in [6.45, 7) is 0.700. The number of benzene rings is 2. The topological polar surface area (TPSA) is 65.7 Å². The first kappa shape index (κ1) is 21.6. The Labute approximate surface area is 169 Å². The molecule has 7 heteroatoms. The van der Waals surface area contributed by atoms with Gasteiger partial charge in [0.1, 0.15) is 14.1 Å². The van der Waals surface area contributed by atoms with Gasteiger partial charge in [-0.15, -0.1) is 11.3 Å². The van der Waals surface area contributed by atoms with Crippen LogP contribution in [-0.2, 0) is 4.79 Å². The molecule has 0 unspecified atom stereocenters. The van der Waals surface area contributed by atoms with Crippen molar-refractivity contribution in [3.63, 3.8) is 0 Å². The fraction of sp³-hybridized carbons (Fsp3) is 0.333. The van der Waals surface area contributed by atoms with Gasteiger partial charge < -0.3 is 22.2 Å². The lowest BCUT2D eigenvalue weighted by molar-refractivity contribution is -0.137. The smallest absolute Gasteiger partial charge is 0.303 e. The summed E-state index contributed by atoms with van der Waals surface area (Å²) < 4.78 is 8.63. The summed E-state index contributed by atoms with van der Waals surface area (Å²) in [5.41, 5.74) is 2.92. The second kappa shape index (κ2) is 9.01. The van der Waals surface area contributed by atoms with Gasteiger partial charge in [-0.1, -0.05) is 0 Å². The molecule has 0 atom stereocenters. The minimum absolute atomic E-state index is 0. The van der Waals surface area contributed by atoms with E-state index in [4.69, 9.17) is 14.8 Å². The molecule has 0 fully saturated rings. The first-order valence-electron chi connectivity index (χ1n) is 8.75. The van der Waals surface area contributed by atoms with Crippen molar-refractivity contribution in [1.29, 1.82) is 0 Å². The molecule has 0 amide bonds. The number of anilines is 1. The number of carbonyl (C=O) groups is 1. The molecule has 0 bridgehead atoms. The van der Waals surface area contributed by atoms with Crippen molar-refractivity contribution in [2.24, 2.45) is 0 Å². The number of carboxylic acids is 1. The van der Waals surface area contributed by atoms with Crippen LogP contribution in [0.2, 0.25) is 0 Å². The molecule has 1 aliphatic heterocycles. The minimum Gasteiger partial charge on any atom is -0.490 e. The van der Waals surface area contributed by atoms with Crippen molar-refractivity contribution < 1.29 is 14.6 Å². The van der Waals surface area contributed by atoms with Crippen LogP contribution in [0.15, 0.2) is 30.3 Å². The summed E-state index contributed by atoms with van der Waals surface area (Å²) in [6.07, 6.45) is 0.803. The summed E-state index contributed by atoms with van der Waals surface area (Å²) >= 11 is 1.70. The highest BCUT2D eigenvalue weighted by molar-refractivity contribution is 7.21. The summed E-state index contributed by atoms with van der Waals surface area (Å²) in [5.74, 6) is 0.0493. The van der Waals surface area contributed by atoms with E-state index in [2.05, 4.69) is 17.0 Å². The lowest BCUT2D eigenvalue weighted by atomic mass is 10.2. The van der Waals surface area contributed by atoms with E-state index in [1.807, 2.05) is 43.9 Å². The second-order valence-electron chi connectivity index (χ2n) is 6.67. The Morgan fingerprint density at radius 2 is 2.04 bits per heavy atom. The first-order valence-corrected chi connectivity index (χ1v) is 9.56. The van der Waals surface area contributed by atoms with E-state index in [0.717, 1.165) is 37.6 Å². The predicted molar refractivity (Wildman–Crippen MR) is 116 cm³/mol. The van der Waals surface area contributed by atoms with Crippen molar-refractivity contribution in [3.05, 3.63) is 43.1 Å². The highest BCUT2D eigenvalue weighted by atomic mass is 32.1. The number of nitrogens with zero attached hydrogens (tertiary/aromatic N) is 3. The third-order valence-electron chi connectivity index (χ3n) is 4.47. The lowest BCUT2D eigenvalue weighted by Gasteiger charge is -2.19. The fourth-order valence-electron chi connectivity index (χ4n) is 2.98. The maximum absolute atomic E-state index is 10.7. The summed E-state index contributed by atoms with van der Waals surface area (Å²) in [4.78, 5) is 18.7. The molecule has 1 aromatic rings. The van der Waals surface area contributed by atoms with Crippen LogP contribution in [0, 0.1) is 7.43 Å². The molecule has 1 aromatic carbocycles. The molecule has 1 aliphatic carbocycles. The van der Waals surface area contributed by atoms with Gasteiger partial charge in [0, 0.05) is 37.8 Å². The van der Waals surface area contributed by atoms with Crippen LogP contribution < -0.4 is 19.6 Å². The van der Waals surface area contributed by atoms with Crippen molar-refractivity contribution in [2.75, 3.05) is 39.7 Å². The Kier molecular flexibility index (Phi) is 6.96. The molecule has 0 saturated heterocycles. The molecule has 1 N–H and O–H groups in total. The van der Waals surface area contributed by atoms with Gasteiger partial charge in [0.2, 0.25) is 5.36 Å². The number of hydrogen-bond donors (Lipinski definition) is 1. The normalized spacial score (nSPS) is 10.6. The van der Waals surface area contributed by atoms with Crippen LogP contribution in [0.3, 0.4) is 0 Å². The molecule has 0 saturated carbocycles. The number of carboxylic acid groups (broad SMARTS) is 1. The van der Waals surface area contributed by atoms with E-state index in [1.54, 1.807) is 18.4 Å². The monoisotopic (exact) mass is 401 g/mol. The average molecular weight is 402 g/mol. The number of hydrogen-bond acceptors (Lipinski definition) is 5. The zero-order valence-electron chi connectivity index (χ0n) is 17.0. The highest BCUT2D eigenvalue weighted by Gasteiger charge is 2.15. The molecule has 1 heterocycles. The molecule has 6 nitrogen and oxygen atoms in total. The van der Waals surface area contributed by atoms with E-state index in [1.165, 1.54) is 0 Å². The molecular weight excluding hydrogens is 374 g/mol. The number of aliphatic carboxylic acids is 1. The molecule has 3 rings (SSSR count). The van der Waals surface area contributed by atoms with Crippen LogP contribution in [0.5, 0.6) is 5.75 Å². The molecule has 0 aromatic heterocycles. The molecule has 2 aliphatic rings. The number of ether oxygens (including phenoxy) is 1. The van der Waals surface area contributed by atoms with Crippen LogP contribution in [0.1, 0.15) is 12.8 Å².